The Morgan fingerprint density at radius 2 is 1.77 bits per heavy atom. The Hall–Kier alpha value is -0.820. The average Bonchev–Trinajstić information content (AvgIpc) is 2.15. The molecule has 0 amide bonds. The van der Waals surface area contributed by atoms with Gasteiger partial charge >= 0.3 is 0 Å². The van der Waals surface area contributed by atoms with Crippen molar-refractivity contribution in [2.45, 2.75) is 32.5 Å². The molecule has 0 aromatic heterocycles. The second-order valence-corrected chi connectivity index (χ2v) is 4.34. The van der Waals surface area contributed by atoms with E-state index in [9.17, 15) is 0 Å². The molecule has 13 heavy (non-hydrogen) atoms. The van der Waals surface area contributed by atoms with E-state index < -0.39 is 0 Å². The monoisotopic (exact) mass is 176 g/mol. The molecule has 0 radical (unpaired) electrons. The second-order valence-electron chi connectivity index (χ2n) is 4.34. The lowest BCUT2D eigenvalue weighted by Crippen LogP contribution is -2.49. The molecule has 2 atom stereocenters. The summed E-state index contributed by atoms with van der Waals surface area (Å²) in [5, 5.41) is 0. The van der Waals surface area contributed by atoms with Crippen molar-refractivity contribution >= 4 is 0 Å². The lowest BCUT2D eigenvalue weighted by molar-refractivity contribution is -0.239. The minimum absolute atomic E-state index is 0.0561. The van der Waals surface area contributed by atoms with Gasteiger partial charge in [-0.15, -0.1) is 0 Å². The molecule has 0 spiro atoms. The van der Waals surface area contributed by atoms with Gasteiger partial charge in [0.1, 0.15) is 0 Å². The summed E-state index contributed by atoms with van der Waals surface area (Å²) in [6.45, 7) is 6.55. The first-order valence-corrected chi connectivity index (χ1v) is 4.84. The molecule has 1 fully saturated rings. The van der Waals surface area contributed by atoms with Gasteiger partial charge in [0.05, 0.1) is 11.7 Å². The molecule has 0 bridgehead atoms. The molecule has 2 unspecified atom stereocenters. The lowest BCUT2D eigenvalue weighted by Gasteiger charge is -2.50. The van der Waals surface area contributed by atoms with Crippen molar-refractivity contribution in [1.29, 1.82) is 0 Å². The summed E-state index contributed by atoms with van der Waals surface area (Å²) >= 11 is 0. The number of hydrogen-bond donors (Lipinski definition) is 0. The van der Waals surface area contributed by atoms with E-state index in [0.717, 1.165) is 0 Å². The van der Waals surface area contributed by atoms with Gasteiger partial charge < -0.3 is 4.74 Å². The van der Waals surface area contributed by atoms with Crippen LogP contribution in [-0.4, -0.2) is 5.60 Å². The summed E-state index contributed by atoms with van der Waals surface area (Å²) < 4.78 is 5.82. The minimum Gasteiger partial charge on any atom is -0.367 e. The fourth-order valence-corrected chi connectivity index (χ4v) is 1.83. The van der Waals surface area contributed by atoms with Crippen LogP contribution < -0.4 is 0 Å². The Morgan fingerprint density at radius 3 is 2.23 bits per heavy atom. The maximum Gasteiger partial charge on any atom is 0.0885 e. The third-order valence-electron chi connectivity index (χ3n) is 3.11. The van der Waals surface area contributed by atoms with Crippen LogP contribution in [0.3, 0.4) is 0 Å². The van der Waals surface area contributed by atoms with Gasteiger partial charge in [-0.2, -0.15) is 0 Å². The number of hydrogen-bond acceptors (Lipinski definition) is 1. The van der Waals surface area contributed by atoms with E-state index in [1.807, 2.05) is 6.07 Å². The zero-order valence-corrected chi connectivity index (χ0v) is 8.45. The van der Waals surface area contributed by atoms with E-state index in [1.165, 1.54) is 5.56 Å². The van der Waals surface area contributed by atoms with Crippen molar-refractivity contribution < 1.29 is 4.74 Å². The van der Waals surface area contributed by atoms with Gasteiger partial charge in [-0.05, 0) is 19.4 Å². The highest BCUT2D eigenvalue weighted by atomic mass is 16.5. The molecule has 1 aliphatic heterocycles. The molecule has 1 aromatic rings. The molecule has 0 saturated carbocycles. The molecule has 1 nitrogen and oxygen atoms in total. The normalized spacial score (nSPS) is 31.0. The van der Waals surface area contributed by atoms with E-state index in [4.69, 9.17) is 4.74 Å². The minimum atomic E-state index is 0.0561. The molecule has 0 N–H and O–H groups in total. The standard InChI is InChI=1S/C12H16O/c1-9-11(13-12(9,2)3)10-7-5-4-6-8-10/h4-9,11H,1-3H3. The third-order valence-corrected chi connectivity index (χ3v) is 3.11. The molecule has 1 heteroatoms. The topological polar surface area (TPSA) is 9.23 Å². The van der Waals surface area contributed by atoms with Crippen molar-refractivity contribution in [3.63, 3.8) is 0 Å². The van der Waals surface area contributed by atoms with Gasteiger partial charge in [-0.1, -0.05) is 37.3 Å². The largest absolute Gasteiger partial charge is 0.367 e. The Morgan fingerprint density at radius 1 is 1.15 bits per heavy atom. The van der Waals surface area contributed by atoms with Crippen LogP contribution in [0.25, 0.3) is 0 Å². The summed E-state index contributed by atoms with van der Waals surface area (Å²) in [5.41, 5.74) is 1.36. The maximum absolute atomic E-state index is 5.82. The maximum atomic E-state index is 5.82. The van der Waals surface area contributed by atoms with Crippen LogP contribution in [-0.2, 0) is 4.74 Å². The highest BCUT2D eigenvalue weighted by Gasteiger charge is 2.46. The van der Waals surface area contributed by atoms with Gasteiger partial charge in [0.15, 0.2) is 0 Å². The highest BCUT2D eigenvalue weighted by molar-refractivity contribution is 5.21. The Kier molecular flexibility index (Phi) is 1.92. The van der Waals surface area contributed by atoms with Crippen LogP contribution in [0.1, 0.15) is 32.4 Å². The van der Waals surface area contributed by atoms with Crippen molar-refractivity contribution in [2.24, 2.45) is 5.92 Å². The fourth-order valence-electron chi connectivity index (χ4n) is 1.83. The summed E-state index contributed by atoms with van der Waals surface area (Å²) in [5.74, 6) is 0.606. The van der Waals surface area contributed by atoms with Gasteiger partial charge in [-0.25, -0.2) is 0 Å². The Balaban J connectivity index is 2.15. The van der Waals surface area contributed by atoms with Crippen molar-refractivity contribution in [3.8, 4) is 0 Å². The summed E-state index contributed by atoms with van der Waals surface area (Å²) in [4.78, 5) is 0. The predicted octanol–water partition coefficient (Wildman–Crippen LogP) is 3.17. The van der Waals surface area contributed by atoms with E-state index in [2.05, 4.69) is 45.0 Å². The van der Waals surface area contributed by atoms with Gasteiger partial charge in [0.25, 0.3) is 0 Å². The molecular formula is C12H16O. The molecule has 0 aliphatic carbocycles. The van der Waals surface area contributed by atoms with Gasteiger partial charge in [0.2, 0.25) is 0 Å². The lowest BCUT2D eigenvalue weighted by atomic mass is 9.78. The van der Waals surface area contributed by atoms with Crippen LogP contribution in [0.15, 0.2) is 30.3 Å². The van der Waals surface area contributed by atoms with Crippen LogP contribution in [0.2, 0.25) is 0 Å². The molecule has 1 aromatic carbocycles. The third kappa shape index (κ3) is 1.37. The second kappa shape index (κ2) is 2.85. The van der Waals surface area contributed by atoms with E-state index in [0.29, 0.717) is 12.0 Å². The van der Waals surface area contributed by atoms with Gasteiger partial charge in [-0.3, -0.25) is 0 Å². The highest BCUT2D eigenvalue weighted by Crippen LogP contribution is 2.47. The zero-order chi connectivity index (χ0) is 9.47. The van der Waals surface area contributed by atoms with Gasteiger partial charge in [0, 0.05) is 5.92 Å². The smallest absolute Gasteiger partial charge is 0.0885 e. The number of ether oxygens (including phenoxy) is 1. The molecule has 70 valence electrons. The summed E-state index contributed by atoms with van der Waals surface area (Å²) in [7, 11) is 0. The van der Waals surface area contributed by atoms with Crippen molar-refractivity contribution in [3.05, 3.63) is 35.9 Å². The quantitative estimate of drug-likeness (QED) is 0.638. The number of benzene rings is 1. The number of rotatable bonds is 1. The van der Waals surface area contributed by atoms with Crippen LogP contribution in [0.4, 0.5) is 0 Å². The first-order valence-electron chi connectivity index (χ1n) is 4.84. The summed E-state index contributed by atoms with van der Waals surface area (Å²) in [6, 6.07) is 10.4. The van der Waals surface area contributed by atoms with Crippen LogP contribution in [0, 0.1) is 5.92 Å². The van der Waals surface area contributed by atoms with Crippen LogP contribution >= 0.6 is 0 Å². The first kappa shape index (κ1) is 8.76. The molecular weight excluding hydrogens is 160 g/mol. The van der Waals surface area contributed by atoms with Crippen molar-refractivity contribution in [2.75, 3.05) is 0 Å². The molecule has 2 rings (SSSR count). The molecule has 1 heterocycles. The summed E-state index contributed by atoms with van der Waals surface area (Å²) in [6.07, 6.45) is 0.302. The van der Waals surface area contributed by atoms with E-state index in [-0.39, 0.29) is 5.60 Å². The first-order chi connectivity index (χ1) is 6.11. The van der Waals surface area contributed by atoms with E-state index >= 15 is 0 Å². The Labute approximate surface area is 79.7 Å². The van der Waals surface area contributed by atoms with E-state index in [1.54, 1.807) is 0 Å². The zero-order valence-electron chi connectivity index (χ0n) is 8.45. The molecule has 1 saturated heterocycles. The average molecular weight is 176 g/mol. The van der Waals surface area contributed by atoms with Crippen LogP contribution in [0.5, 0.6) is 0 Å². The van der Waals surface area contributed by atoms with Crippen molar-refractivity contribution in [1.82, 2.24) is 0 Å². The predicted molar refractivity (Wildman–Crippen MR) is 53.5 cm³/mol. The fraction of sp³-hybridized carbons (Fsp3) is 0.500. The molecule has 1 aliphatic rings. The Bertz CT molecular complexity index is 289. The SMILES string of the molecule is CC1C(c2ccccc2)OC1(C)C.